The van der Waals surface area contributed by atoms with E-state index in [1.165, 1.54) is 0 Å². The summed E-state index contributed by atoms with van der Waals surface area (Å²) in [5.41, 5.74) is 3.44. The fraction of sp³-hybridized carbons (Fsp3) is 0.316. The van der Waals surface area contributed by atoms with Gasteiger partial charge in [0, 0.05) is 38.3 Å². The maximum Gasteiger partial charge on any atom is 0.251 e. The second kappa shape index (κ2) is 6.93. The van der Waals surface area contributed by atoms with Crippen molar-refractivity contribution in [2.45, 2.75) is 12.5 Å². The summed E-state index contributed by atoms with van der Waals surface area (Å²) in [7, 11) is 3.86. The Bertz CT molecular complexity index is 743. The van der Waals surface area contributed by atoms with E-state index >= 15 is 0 Å². The molecule has 2 N–H and O–H groups in total. The summed E-state index contributed by atoms with van der Waals surface area (Å²) in [5, 5.41) is 13.1. The Morgan fingerprint density at radius 1 is 1.29 bits per heavy atom. The molecule has 24 heavy (non-hydrogen) atoms. The number of aliphatic hydroxyl groups excluding tert-OH is 1. The molecule has 5 nitrogen and oxygen atoms in total. The van der Waals surface area contributed by atoms with E-state index in [1.807, 2.05) is 55.4 Å². The fourth-order valence-electron chi connectivity index (χ4n) is 2.75. The van der Waals surface area contributed by atoms with Gasteiger partial charge in [0.25, 0.3) is 5.91 Å². The Morgan fingerprint density at radius 3 is 2.92 bits per heavy atom. The fourth-order valence-corrected chi connectivity index (χ4v) is 2.75. The summed E-state index contributed by atoms with van der Waals surface area (Å²) in [6, 6.07) is 13.1. The van der Waals surface area contributed by atoms with Crippen LogP contribution in [0.4, 0.5) is 5.69 Å². The standard InChI is InChI=1S/C19H22N2O3/c1-21(2)16-5-3-4-15(11-16)19(23)20-12-17(22)13-6-7-18-14(10-13)8-9-24-18/h3-7,10-11,17,22H,8-9,12H2,1-2H3,(H,20,23). The van der Waals surface area contributed by atoms with Gasteiger partial charge in [-0.05, 0) is 41.5 Å². The van der Waals surface area contributed by atoms with Gasteiger partial charge in [0.2, 0.25) is 0 Å². The van der Waals surface area contributed by atoms with Crippen LogP contribution < -0.4 is 15.0 Å². The number of amides is 1. The van der Waals surface area contributed by atoms with Gasteiger partial charge >= 0.3 is 0 Å². The van der Waals surface area contributed by atoms with Crippen LogP contribution in [0.25, 0.3) is 0 Å². The van der Waals surface area contributed by atoms with Gasteiger partial charge < -0.3 is 20.1 Å². The van der Waals surface area contributed by atoms with Crippen LogP contribution in [0, 0.1) is 0 Å². The molecule has 1 aliphatic heterocycles. The lowest BCUT2D eigenvalue weighted by Crippen LogP contribution is -2.28. The number of carbonyl (C=O) groups is 1. The first kappa shape index (κ1) is 16.3. The maximum atomic E-state index is 12.3. The molecule has 0 radical (unpaired) electrons. The quantitative estimate of drug-likeness (QED) is 0.884. The molecule has 1 amide bonds. The number of nitrogens with one attached hydrogen (secondary N) is 1. The highest BCUT2D eigenvalue weighted by molar-refractivity contribution is 5.95. The van der Waals surface area contributed by atoms with E-state index in [4.69, 9.17) is 4.74 Å². The lowest BCUT2D eigenvalue weighted by Gasteiger charge is -2.15. The number of fused-ring (bicyclic) bond motifs is 1. The zero-order chi connectivity index (χ0) is 17.1. The zero-order valence-electron chi connectivity index (χ0n) is 14.0. The lowest BCUT2D eigenvalue weighted by molar-refractivity contribution is 0.0916. The van der Waals surface area contributed by atoms with Gasteiger partial charge in [-0.2, -0.15) is 0 Å². The number of anilines is 1. The molecule has 0 bridgehead atoms. The minimum absolute atomic E-state index is 0.171. The number of aliphatic hydroxyl groups is 1. The molecule has 0 saturated carbocycles. The van der Waals surface area contributed by atoms with E-state index in [9.17, 15) is 9.90 Å². The third kappa shape index (κ3) is 3.51. The molecule has 3 rings (SSSR count). The van der Waals surface area contributed by atoms with Crippen molar-refractivity contribution in [1.29, 1.82) is 0 Å². The molecule has 1 atom stereocenters. The molecule has 1 unspecified atom stereocenters. The largest absolute Gasteiger partial charge is 0.493 e. The van der Waals surface area contributed by atoms with E-state index < -0.39 is 6.10 Å². The molecule has 0 aromatic heterocycles. The highest BCUT2D eigenvalue weighted by Gasteiger charge is 2.16. The van der Waals surface area contributed by atoms with E-state index in [-0.39, 0.29) is 12.5 Å². The zero-order valence-corrected chi connectivity index (χ0v) is 14.0. The van der Waals surface area contributed by atoms with Crippen molar-refractivity contribution in [2.24, 2.45) is 0 Å². The Hall–Kier alpha value is -2.53. The van der Waals surface area contributed by atoms with Crippen molar-refractivity contribution in [1.82, 2.24) is 5.32 Å². The average Bonchev–Trinajstić information content (AvgIpc) is 3.07. The van der Waals surface area contributed by atoms with E-state index in [0.717, 1.165) is 29.0 Å². The van der Waals surface area contributed by atoms with Crippen molar-refractivity contribution in [2.75, 3.05) is 32.1 Å². The molecular formula is C19H22N2O3. The molecule has 2 aromatic rings. The second-order valence-electron chi connectivity index (χ2n) is 6.14. The number of nitrogens with zero attached hydrogens (tertiary/aromatic N) is 1. The summed E-state index contributed by atoms with van der Waals surface area (Å²) < 4.78 is 5.46. The number of hydrogen-bond acceptors (Lipinski definition) is 4. The van der Waals surface area contributed by atoms with E-state index in [2.05, 4.69) is 5.32 Å². The van der Waals surface area contributed by atoms with Gasteiger partial charge in [-0.3, -0.25) is 4.79 Å². The summed E-state index contributed by atoms with van der Waals surface area (Å²) in [5.74, 6) is 0.692. The van der Waals surface area contributed by atoms with Gasteiger partial charge in [0.15, 0.2) is 0 Å². The van der Waals surface area contributed by atoms with E-state index in [0.29, 0.717) is 12.2 Å². The summed E-state index contributed by atoms with van der Waals surface area (Å²) in [6.45, 7) is 0.860. The van der Waals surface area contributed by atoms with Crippen molar-refractivity contribution in [3.05, 3.63) is 59.2 Å². The molecule has 0 spiro atoms. The van der Waals surface area contributed by atoms with Crippen molar-refractivity contribution < 1.29 is 14.6 Å². The van der Waals surface area contributed by atoms with Crippen LogP contribution >= 0.6 is 0 Å². The minimum Gasteiger partial charge on any atom is -0.493 e. The molecule has 1 aliphatic rings. The van der Waals surface area contributed by atoms with Gasteiger partial charge in [-0.1, -0.05) is 12.1 Å². The molecule has 2 aromatic carbocycles. The monoisotopic (exact) mass is 326 g/mol. The van der Waals surface area contributed by atoms with Gasteiger partial charge in [-0.25, -0.2) is 0 Å². The normalized spacial score (nSPS) is 13.8. The average molecular weight is 326 g/mol. The first-order valence-electron chi connectivity index (χ1n) is 8.04. The number of rotatable bonds is 5. The number of carbonyl (C=O) groups excluding carboxylic acids is 1. The van der Waals surface area contributed by atoms with Crippen LogP contribution in [-0.2, 0) is 6.42 Å². The maximum absolute atomic E-state index is 12.3. The van der Waals surface area contributed by atoms with Crippen LogP contribution in [0.2, 0.25) is 0 Å². The van der Waals surface area contributed by atoms with Gasteiger partial charge in [0.1, 0.15) is 5.75 Å². The number of hydrogen-bond donors (Lipinski definition) is 2. The molecule has 0 fully saturated rings. The summed E-state index contributed by atoms with van der Waals surface area (Å²) in [4.78, 5) is 14.2. The van der Waals surface area contributed by atoms with Crippen molar-refractivity contribution in [3.63, 3.8) is 0 Å². The molecule has 0 aliphatic carbocycles. The van der Waals surface area contributed by atoms with Crippen molar-refractivity contribution >= 4 is 11.6 Å². The van der Waals surface area contributed by atoms with Gasteiger partial charge in [0.05, 0.1) is 12.7 Å². The first-order valence-corrected chi connectivity index (χ1v) is 8.04. The summed E-state index contributed by atoms with van der Waals surface area (Å²) in [6.07, 6.45) is 0.122. The predicted octanol–water partition coefficient (Wildman–Crippen LogP) is 2.15. The second-order valence-corrected chi connectivity index (χ2v) is 6.14. The summed E-state index contributed by atoms with van der Waals surface area (Å²) >= 11 is 0. The SMILES string of the molecule is CN(C)c1cccc(C(=O)NCC(O)c2ccc3c(c2)CCO3)c1. The molecule has 5 heteroatoms. The molecule has 126 valence electrons. The molecule has 1 heterocycles. The third-order valence-electron chi connectivity index (χ3n) is 4.18. The van der Waals surface area contributed by atoms with Crippen molar-refractivity contribution in [3.8, 4) is 5.75 Å². The lowest BCUT2D eigenvalue weighted by atomic mass is 10.0. The van der Waals surface area contributed by atoms with Crippen LogP contribution in [0.3, 0.4) is 0 Å². The van der Waals surface area contributed by atoms with Crippen LogP contribution in [-0.4, -0.2) is 38.3 Å². The van der Waals surface area contributed by atoms with E-state index in [1.54, 1.807) is 6.07 Å². The van der Waals surface area contributed by atoms with Gasteiger partial charge in [-0.15, -0.1) is 0 Å². The predicted molar refractivity (Wildman–Crippen MR) is 93.7 cm³/mol. The highest BCUT2D eigenvalue weighted by Crippen LogP contribution is 2.28. The Balaban J connectivity index is 1.62. The molecular weight excluding hydrogens is 304 g/mol. The number of benzene rings is 2. The van der Waals surface area contributed by atoms with Crippen LogP contribution in [0.5, 0.6) is 5.75 Å². The Morgan fingerprint density at radius 2 is 2.12 bits per heavy atom. The molecule has 0 saturated heterocycles. The highest BCUT2D eigenvalue weighted by atomic mass is 16.5. The minimum atomic E-state index is -0.739. The Kier molecular flexibility index (Phi) is 4.71. The first-order chi connectivity index (χ1) is 11.5. The Labute approximate surface area is 141 Å². The smallest absolute Gasteiger partial charge is 0.251 e. The third-order valence-corrected chi connectivity index (χ3v) is 4.18. The van der Waals surface area contributed by atoms with Crippen LogP contribution in [0.1, 0.15) is 27.6 Å². The van der Waals surface area contributed by atoms with Crippen LogP contribution in [0.15, 0.2) is 42.5 Å². The number of ether oxygens (including phenoxy) is 1. The topological polar surface area (TPSA) is 61.8 Å².